The van der Waals surface area contributed by atoms with E-state index < -0.39 is 54.5 Å². The minimum Gasteiger partial charge on any atom is -0.356 e. The molecule has 1 heterocycles. The first-order valence-electron chi connectivity index (χ1n) is 9.92. The number of likely N-dealkylation sites (N-methyl/N-ethyl adjacent to an activating group) is 1. The van der Waals surface area contributed by atoms with Gasteiger partial charge in [-0.3, -0.25) is 24.0 Å². The number of amides is 4. The highest BCUT2D eigenvalue weighted by molar-refractivity contribution is 6.38. The second-order valence-electron chi connectivity index (χ2n) is 7.34. The van der Waals surface area contributed by atoms with Crippen molar-refractivity contribution in [2.45, 2.75) is 37.9 Å². The monoisotopic (exact) mass is 490 g/mol. The maximum absolute atomic E-state index is 12.9. The van der Waals surface area contributed by atoms with Gasteiger partial charge in [-0.15, -0.1) is 0 Å². The van der Waals surface area contributed by atoms with Crippen molar-refractivity contribution in [2.24, 2.45) is 5.92 Å². The molecule has 180 valence electrons. The predicted octanol–water partition coefficient (Wildman–Crippen LogP) is 1.56. The van der Waals surface area contributed by atoms with Crippen LogP contribution in [-0.2, 0) is 19.2 Å². The van der Waals surface area contributed by atoms with Gasteiger partial charge in [0.15, 0.2) is 0 Å². The summed E-state index contributed by atoms with van der Waals surface area (Å²) in [4.78, 5) is 61.1. The first-order valence-corrected chi connectivity index (χ1v) is 10.3. The summed E-state index contributed by atoms with van der Waals surface area (Å²) in [6, 6.07) is 2.33. The van der Waals surface area contributed by atoms with E-state index >= 15 is 0 Å². The number of rotatable bonds is 9. The van der Waals surface area contributed by atoms with Crippen molar-refractivity contribution in [1.82, 2.24) is 16.0 Å². The number of ketones is 1. The molecule has 1 aromatic rings. The van der Waals surface area contributed by atoms with Gasteiger partial charge >= 0.3 is 6.18 Å². The molecule has 0 aliphatic carbocycles. The van der Waals surface area contributed by atoms with E-state index in [1.165, 1.54) is 19.2 Å². The Hall–Kier alpha value is -3.15. The lowest BCUT2D eigenvalue weighted by molar-refractivity contribution is -0.142. The molecule has 1 aromatic carbocycles. The molecule has 13 heteroatoms. The highest BCUT2D eigenvalue weighted by atomic mass is 35.5. The van der Waals surface area contributed by atoms with Crippen LogP contribution in [-0.4, -0.2) is 55.2 Å². The minimum atomic E-state index is -4.53. The van der Waals surface area contributed by atoms with E-state index in [4.69, 9.17) is 11.6 Å². The zero-order valence-corrected chi connectivity index (χ0v) is 18.2. The van der Waals surface area contributed by atoms with Crippen LogP contribution in [0.3, 0.4) is 0 Å². The molecule has 0 aromatic heterocycles. The average molecular weight is 491 g/mol. The summed E-state index contributed by atoms with van der Waals surface area (Å²) < 4.78 is 37.1. The molecule has 0 saturated carbocycles. The molecule has 2 rings (SSSR count). The number of hydrogen-bond donors (Lipinski definition) is 4. The number of halogens is 4. The van der Waals surface area contributed by atoms with Crippen LogP contribution in [0, 0.1) is 5.92 Å². The van der Waals surface area contributed by atoms with E-state index in [0.717, 1.165) is 6.07 Å². The summed E-state index contributed by atoms with van der Waals surface area (Å²) in [6.45, 7) is 0.390. The molecular weight excluding hydrogens is 469 g/mol. The van der Waals surface area contributed by atoms with Gasteiger partial charge in [0.2, 0.25) is 17.6 Å². The average Bonchev–Trinajstić information content (AvgIpc) is 3.15. The molecule has 1 aliphatic rings. The number of alkyl halides is 3. The fourth-order valence-electron chi connectivity index (χ4n) is 3.18. The fourth-order valence-corrected chi connectivity index (χ4v) is 3.36. The maximum Gasteiger partial charge on any atom is 0.389 e. The van der Waals surface area contributed by atoms with Crippen molar-refractivity contribution < 1.29 is 37.1 Å². The molecule has 4 N–H and O–H groups in total. The van der Waals surface area contributed by atoms with Gasteiger partial charge in [0.1, 0.15) is 0 Å². The van der Waals surface area contributed by atoms with E-state index in [2.05, 4.69) is 21.3 Å². The highest BCUT2D eigenvalue weighted by Gasteiger charge is 2.34. The molecule has 4 amide bonds. The Kier molecular flexibility index (Phi) is 8.80. The summed E-state index contributed by atoms with van der Waals surface area (Å²) in [6.07, 6.45) is -6.47. The standard InChI is InChI=1S/C20H22ClF3N4O5/c1-25-19(33)16(30)14(8-10-5-7-26-17(10)31)28-18(32)12-9-11(21)2-3-13(12)27-15(29)4-6-20(22,23)24/h2-3,9-10,14H,4-8H2,1H3,(H,25,33)(H,26,31)(H,27,29)(H,28,32)/t10-,14-/m0/s1. The summed E-state index contributed by atoms with van der Waals surface area (Å²) in [5.41, 5.74) is -0.359. The van der Waals surface area contributed by atoms with Crippen LogP contribution in [0.1, 0.15) is 36.0 Å². The maximum atomic E-state index is 12.9. The molecule has 0 radical (unpaired) electrons. The minimum absolute atomic E-state index is 0.0813. The molecule has 9 nitrogen and oxygen atoms in total. The van der Waals surface area contributed by atoms with Gasteiger partial charge < -0.3 is 21.3 Å². The molecule has 0 bridgehead atoms. The van der Waals surface area contributed by atoms with E-state index in [1.54, 1.807) is 0 Å². The highest BCUT2D eigenvalue weighted by Crippen LogP contribution is 2.24. The lowest BCUT2D eigenvalue weighted by atomic mass is 9.95. The van der Waals surface area contributed by atoms with Crippen LogP contribution in [0.5, 0.6) is 0 Å². The van der Waals surface area contributed by atoms with Crippen molar-refractivity contribution in [3.8, 4) is 0 Å². The molecule has 33 heavy (non-hydrogen) atoms. The third-order valence-electron chi connectivity index (χ3n) is 4.89. The van der Waals surface area contributed by atoms with Gasteiger partial charge in [0.25, 0.3) is 11.8 Å². The Labute approximate surface area is 191 Å². The van der Waals surface area contributed by atoms with Gasteiger partial charge in [-0.25, -0.2) is 0 Å². The fraction of sp³-hybridized carbons (Fsp3) is 0.450. The number of anilines is 1. The summed E-state index contributed by atoms with van der Waals surface area (Å²) in [5.74, 6) is -4.79. The Morgan fingerprint density at radius 1 is 1.24 bits per heavy atom. The molecule has 1 fully saturated rings. The zero-order chi connectivity index (χ0) is 24.8. The quantitative estimate of drug-likeness (QED) is 0.390. The van der Waals surface area contributed by atoms with Crippen molar-refractivity contribution >= 4 is 46.7 Å². The third-order valence-corrected chi connectivity index (χ3v) is 5.13. The third kappa shape index (κ3) is 7.74. The lowest BCUT2D eigenvalue weighted by Gasteiger charge is -2.20. The van der Waals surface area contributed by atoms with Gasteiger partial charge in [-0.1, -0.05) is 11.6 Å². The molecule has 1 saturated heterocycles. The Balaban J connectivity index is 2.22. The van der Waals surface area contributed by atoms with Crippen LogP contribution in [0.15, 0.2) is 18.2 Å². The predicted molar refractivity (Wildman–Crippen MR) is 111 cm³/mol. The van der Waals surface area contributed by atoms with E-state index in [9.17, 15) is 37.1 Å². The smallest absolute Gasteiger partial charge is 0.356 e. The van der Waals surface area contributed by atoms with Gasteiger partial charge in [0.05, 0.1) is 23.7 Å². The van der Waals surface area contributed by atoms with Crippen LogP contribution in [0.25, 0.3) is 0 Å². The Morgan fingerprint density at radius 2 is 1.94 bits per heavy atom. The Bertz CT molecular complexity index is 954. The van der Waals surface area contributed by atoms with Crippen LogP contribution in [0.4, 0.5) is 18.9 Å². The summed E-state index contributed by atoms with van der Waals surface area (Å²) in [7, 11) is 1.23. The normalized spacial score (nSPS) is 16.5. The van der Waals surface area contributed by atoms with Crippen molar-refractivity contribution in [1.29, 1.82) is 0 Å². The summed E-state index contributed by atoms with van der Waals surface area (Å²) in [5, 5.41) is 9.43. The molecule has 0 spiro atoms. The van der Waals surface area contributed by atoms with E-state index in [1.807, 2.05) is 0 Å². The number of Topliss-reactive ketones (excluding diaryl/α,β-unsaturated/α-hetero) is 1. The number of hydrogen-bond acceptors (Lipinski definition) is 5. The van der Waals surface area contributed by atoms with Crippen LogP contribution >= 0.6 is 11.6 Å². The number of benzene rings is 1. The number of carbonyl (C=O) groups is 5. The first kappa shape index (κ1) is 26.1. The SMILES string of the molecule is CNC(=O)C(=O)[C@H](C[C@@H]1CCNC1=O)NC(=O)c1cc(Cl)ccc1NC(=O)CCC(F)(F)F. The topological polar surface area (TPSA) is 133 Å². The van der Waals surface area contributed by atoms with E-state index in [-0.39, 0.29) is 28.6 Å². The number of nitrogens with one attached hydrogen (secondary N) is 4. The van der Waals surface area contributed by atoms with Crippen LogP contribution < -0.4 is 21.3 Å². The van der Waals surface area contributed by atoms with Crippen molar-refractivity contribution in [3.63, 3.8) is 0 Å². The zero-order valence-electron chi connectivity index (χ0n) is 17.5. The lowest BCUT2D eigenvalue weighted by Crippen LogP contribution is -2.48. The summed E-state index contributed by atoms with van der Waals surface area (Å²) >= 11 is 5.92. The van der Waals surface area contributed by atoms with Gasteiger partial charge in [-0.2, -0.15) is 13.2 Å². The Morgan fingerprint density at radius 3 is 2.52 bits per heavy atom. The second kappa shape index (κ2) is 11.1. The number of carbonyl (C=O) groups excluding carboxylic acids is 5. The largest absolute Gasteiger partial charge is 0.389 e. The molecule has 2 atom stereocenters. The molecular formula is C20H22ClF3N4O5. The van der Waals surface area contributed by atoms with Crippen molar-refractivity contribution in [2.75, 3.05) is 18.9 Å². The molecule has 0 unspecified atom stereocenters. The first-order chi connectivity index (χ1) is 15.4. The van der Waals surface area contributed by atoms with Crippen LogP contribution in [0.2, 0.25) is 5.02 Å². The molecule has 1 aliphatic heterocycles. The van der Waals surface area contributed by atoms with Crippen molar-refractivity contribution in [3.05, 3.63) is 28.8 Å². The van der Waals surface area contributed by atoms with Gasteiger partial charge in [0, 0.05) is 31.0 Å². The van der Waals surface area contributed by atoms with E-state index in [0.29, 0.717) is 13.0 Å². The van der Waals surface area contributed by atoms with Gasteiger partial charge in [-0.05, 0) is 31.0 Å². The second-order valence-corrected chi connectivity index (χ2v) is 7.77.